The third-order valence-electron chi connectivity index (χ3n) is 2.85. The summed E-state index contributed by atoms with van der Waals surface area (Å²) < 4.78 is 0. The number of carbonyl (C=O) groups is 1. The number of hydrogen-bond donors (Lipinski definition) is 1. The van der Waals surface area contributed by atoms with E-state index in [2.05, 4.69) is 18.7 Å². The molecule has 0 saturated carbocycles. The molecule has 0 atom stereocenters. The van der Waals surface area contributed by atoms with Crippen LogP contribution in [0.25, 0.3) is 0 Å². The number of aliphatic carboxylic acids is 1. The van der Waals surface area contributed by atoms with Crippen molar-refractivity contribution in [2.45, 2.75) is 33.1 Å². The van der Waals surface area contributed by atoms with Crippen molar-refractivity contribution in [1.82, 2.24) is 4.90 Å². The molecule has 1 rings (SSSR count). The van der Waals surface area contributed by atoms with Gasteiger partial charge in [0, 0.05) is 19.2 Å². The summed E-state index contributed by atoms with van der Waals surface area (Å²) in [5.74, 6) is -0.0541. The summed E-state index contributed by atoms with van der Waals surface area (Å²) in [7, 11) is 0. The van der Waals surface area contributed by atoms with Crippen molar-refractivity contribution in [2.75, 3.05) is 19.6 Å². The highest BCUT2D eigenvalue weighted by Gasteiger charge is 2.14. The first-order valence-corrected chi connectivity index (χ1v) is 5.72. The summed E-state index contributed by atoms with van der Waals surface area (Å²) in [6, 6.07) is 0. The lowest BCUT2D eigenvalue weighted by atomic mass is 10.0. The van der Waals surface area contributed by atoms with Gasteiger partial charge < -0.3 is 10.0 Å². The van der Waals surface area contributed by atoms with Crippen LogP contribution in [-0.4, -0.2) is 35.6 Å². The van der Waals surface area contributed by atoms with E-state index in [4.69, 9.17) is 5.11 Å². The van der Waals surface area contributed by atoms with Gasteiger partial charge in [-0.2, -0.15) is 0 Å². The highest BCUT2D eigenvalue weighted by molar-refractivity contribution is 5.80. The Morgan fingerprint density at radius 1 is 1.47 bits per heavy atom. The Kier molecular flexibility index (Phi) is 4.82. The number of likely N-dealkylation sites (tertiary alicyclic amines) is 1. The zero-order valence-corrected chi connectivity index (χ0v) is 9.70. The van der Waals surface area contributed by atoms with Crippen LogP contribution >= 0.6 is 0 Å². The Bertz CT molecular complexity index is 236. The molecule has 0 spiro atoms. The number of hydrogen-bond acceptors (Lipinski definition) is 2. The lowest BCUT2D eigenvalue weighted by Crippen LogP contribution is -2.32. The molecule has 1 heterocycles. The molecular formula is C12H21NO2. The number of carboxylic acids is 1. The van der Waals surface area contributed by atoms with Crippen LogP contribution < -0.4 is 0 Å². The fourth-order valence-corrected chi connectivity index (χ4v) is 1.82. The van der Waals surface area contributed by atoms with Crippen LogP contribution in [0, 0.1) is 5.92 Å². The molecule has 0 bridgehead atoms. The second kappa shape index (κ2) is 5.91. The molecule has 0 aromatic heterocycles. The minimum absolute atomic E-state index is 0.751. The molecule has 3 heteroatoms. The third-order valence-corrected chi connectivity index (χ3v) is 2.85. The average Bonchev–Trinajstić information content (AvgIpc) is 2.16. The molecule has 1 aliphatic heterocycles. The third kappa shape index (κ3) is 4.98. The number of nitrogens with zero attached hydrogens (tertiary/aromatic N) is 1. The lowest BCUT2D eigenvalue weighted by Gasteiger charge is -2.28. The zero-order chi connectivity index (χ0) is 11.3. The highest BCUT2D eigenvalue weighted by atomic mass is 16.4. The average molecular weight is 211 g/mol. The largest absolute Gasteiger partial charge is 0.478 e. The molecule has 1 N–H and O–H groups in total. The van der Waals surface area contributed by atoms with Crippen molar-refractivity contribution in [3.8, 4) is 0 Å². The van der Waals surface area contributed by atoms with Crippen molar-refractivity contribution < 1.29 is 9.90 Å². The second-order valence-electron chi connectivity index (χ2n) is 4.66. The van der Waals surface area contributed by atoms with Gasteiger partial charge in [-0.25, -0.2) is 4.79 Å². The first-order chi connectivity index (χ1) is 7.08. The summed E-state index contributed by atoms with van der Waals surface area (Å²) >= 11 is 0. The summed E-state index contributed by atoms with van der Waals surface area (Å²) in [6.45, 7) is 7.66. The fraction of sp³-hybridized carbons (Fsp3) is 0.750. The van der Waals surface area contributed by atoms with E-state index >= 15 is 0 Å². The molecule has 86 valence electrons. The Labute approximate surface area is 91.8 Å². The molecule has 1 aliphatic rings. The van der Waals surface area contributed by atoms with Gasteiger partial charge >= 0.3 is 5.97 Å². The van der Waals surface area contributed by atoms with Gasteiger partial charge in [-0.1, -0.05) is 19.4 Å². The Hall–Kier alpha value is -0.830. The van der Waals surface area contributed by atoms with Crippen LogP contribution in [0.3, 0.4) is 0 Å². The molecule has 15 heavy (non-hydrogen) atoms. The van der Waals surface area contributed by atoms with E-state index in [1.165, 1.54) is 12.5 Å². The van der Waals surface area contributed by atoms with Crippen LogP contribution in [0.2, 0.25) is 0 Å². The topological polar surface area (TPSA) is 40.5 Å². The van der Waals surface area contributed by atoms with Crippen LogP contribution in [-0.2, 0) is 4.79 Å². The highest BCUT2D eigenvalue weighted by Crippen LogP contribution is 2.16. The van der Waals surface area contributed by atoms with Gasteiger partial charge in [-0.3, -0.25) is 0 Å². The smallest absolute Gasteiger partial charge is 0.328 e. The summed E-state index contributed by atoms with van der Waals surface area (Å²) in [6.07, 6.45) is 4.45. The maximum Gasteiger partial charge on any atom is 0.328 e. The molecule has 0 aliphatic carbocycles. The zero-order valence-electron chi connectivity index (χ0n) is 9.70. The minimum atomic E-state index is -0.805. The molecule has 1 fully saturated rings. The summed E-state index contributed by atoms with van der Waals surface area (Å²) in [5, 5.41) is 8.62. The first kappa shape index (κ1) is 12.2. The fourth-order valence-electron chi connectivity index (χ4n) is 1.82. The molecule has 0 amide bonds. The molecule has 3 nitrogen and oxygen atoms in total. The maximum atomic E-state index is 10.5. The van der Waals surface area contributed by atoms with E-state index in [0.717, 1.165) is 44.0 Å². The van der Waals surface area contributed by atoms with Gasteiger partial charge in [0.15, 0.2) is 0 Å². The predicted molar refractivity (Wildman–Crippen MR) is 60.8 cm³/mol. The number of rotatable bonds is 4. The van der Waals surface area contributed by atoms with Gasteiger partial charge in [0.25, 0.3) is 0 Å². The Morgan fingerprint density at radius 3 is 2.53 bits per heavy atom. The van der Waals surface area contributed by atoms with E-state index in [1.807, 2.05) is 0 Å². The number of carboxylic acid groups (broad SMARTS) is 1. The van der Waals surface area contributed by atoms with Crippen LogP contribution in [0.5, 0.6) is 0 Å². The lowest BCUT2D eigenvalue weighted by molar-refractivity contribution is -0.131. The number of piperidine rings is 1. The van der Waals surface area contributed by atoms with Gasteiger partial charge in [0.05, 0.1) is 0 Å². The molecular weight excluding hydrogens is 190 g/mol. The van der Waals surface area contributed by atoms with Gasteiger partial charge in [0.2, 0.25) is 0 Å². The van der Waals surface area contributed by atoms with E-state index in [9.17, 15) is 4.79 Å². The van der Waals surface area contributed by atoms with Gasteiger partial charge in [-0.15, -0.1) is 0 Å². The molecule has 1 saturated heterocycles. The van der Waals surface area contributed by atoms with Crippen molar-refractivity contribution in [2.24, 2.45) is 5.92 Å². The van der Waals surface area contributed by atoms with E-state index in [-0.39, 0.29) is 0 Å². The van der Waals surface area contributed by atoms with Crippen molar-refractivity contribution in [3.63, 3.8) is 0 Å². The standard InChI is InChI=1S/C12H21NO2/c1-10(2)3-6-13-7-4-11(5-8-13)9-12(14)15/h9-10H,3-8H2,1-2H3,(H,14,15). The normalized spacial score (nSPS) is 18.2. The quantitative estimate of drug-likeness (QED) is 0.724. The van der Waals surface area contributed by atoms with Crippen molar-refractivity contribution in [3.05, 3.63) is 11.6 Å². The van der Waals surface area contributed by atoms with Gasteiger partial charge in [-0.05, 0) is 31.7 Å². The van der Waals surface area contributed by atoms with Crippen LogP contribution in [0.15, 0.2) is 11.6 Å². The van der Waals surface area contributed by atoms with Crippen LogP contribution in [0.4, 0.5) is 0 Å². The van der Waals surface area contributed by atoms with E-state index in [0.29, 0.717) is 0 Å². The summed E-state index contributed by atoms with van der Waals surface area (Å²) in [5.41, 5.74) is 1.09. The first-order valence-electron chi connectivity index (χ1n) is 5.72. The van der Waals surface area contributed by atoms with Crippen LogP contribution in [0.1, 0.15) is 33.1 Å². The molecule has 0 aromatic rings. The van der Waals surface area contributed by atoms with E-state index < -0.39 is 5.97 Å². The molecule has 0 radical (unpaired) electrons. The predicted octanol–water partition coefficient (Wildman–Crippen LogP) is 2.14. The van der Waals surface area contributed by atoms with E-state index in [1.54, 1.807) is 0 Å². The Morgan fingerprint density at radius 2 is 2.07 bits per heavy atom. The monoisotopic (exact) mass is 211 g/mol. The summed E-state index contributed by atoms with van der Waals surface area (Å²) in [4.78, 5) is 12.9. The second-order valence-corrected chi connectivity index (χ2v) is 4.66. The SMILES string of the molecule is CC(C)CCN1CCC(=CC(=O)O)CC1. The minimum Gasteiger partial charge on any atom is -0.478 e. The van der Waals surface area contributed by atoms with Crippen molar-refractivity contribution >= 4 is 5.97 Å². The Balaban J connectivity index is 2.27. The molecule has 0 unspecified atom stereocenters. The van der Waals surface area contributed by atoms with Crippen molar-refractivity contribution in [1.29, 1.82) is 0 Å². The maximum absolute atomic E-state index is 10.5. The molecule has 0 aromatic carbocycles. The van der Waals surface area contributed by atoms with Gasteiger partial charge in [0.1, 0.15) is 0 Å².